The second-order valence-electron chi connectivity index (χ2n) is 5.94. The summed E-state index contributed by atoms with van der Waals surface area (Å²) < 4.78 is 31.5. The molecule has 7 heteroatoms. The SMILES string of the molecule is CCCS(=O)(=O)N1C[C@H]2C[C@H](C(=O)NC(C)C)[C@@H](C1)O2. The zero-order chi connectivity index (χ0) is 14.9. The van der Waals surface area contributed by atoms with Crippen LogP contribution in [0, 0.1) is 5.92 Å². The predicted molar refractivity (Wildman–Crippen MR) is 75.7 cm³/mol. The zero-order valence-electron chi connectivity index (χ0n) is 12.3. The highest BCUT2D eigenvalue weighted by Gasteiger charge is 2.47. The molecule has 0 aromatic rings. The van der Waals surface area contributed by atoms with E-state index in [1.54, 1.807) is 0 Å². The molecule has 2 rings (SSSR count). The fourth-order valence-corrected chi connectivity index (χ4v) is 4.45. The summed E-state index contributed by atoms with van der Waals surface area (Å²) in [6.07, 6.45) is 0.760. The van der Waals surface area contributed by atoms with Crippen LogP contribution in [-0.2, 0) is 19.6 Å². The predicted octanol–water partition coefficient (Wildman–Crippen LogP) is 0.340. The van der Waals surface area contributed by atoms with Crippen molar-refractivity contribution < 1.29 is 17.9 Å². The lowest BCUT2D eigenvalue weighted by Crippen LogP contribution is -2.48. The van der Waals surface area contributed by atoms with Crippen LogP contribution in [0.3, 0.4) is 0 Å². The molecule has 2 aliphatic heterocycles. The number of rotatable bonds is 5. The molecular weight excluding hydrogens is 280 g/mol. The fraction of sp³-hybridized carbons (Fsp3) is 0.923. The van der Waals surface area contributed by atoms with Crippen molar-refractivity contribution in [1.29, 1.82) is 0 Å². The first kappa shape index (κ1) is 15.7. The van der Waals surface area contributed by atoms with Crippen molar-refractivity contribution in [1.82, 2.24) is 9.62 Å². The smallest absolute Gasteiger partial charge is 0.226 e. The van der Waals surface area contributed by atoms with Gasteiger partial charge in [-0.3, -0.25) is 4.79 Å². The van der Waals surface area contributed by atoms with Crippen LogP contribution in [0.15, 0.2) is 0 Å². The summed E-state index contributed by atoms with van der Waals surface area (Å²) in [5, 5.41) is 2.89. The van der Waals surface area contributed by atoms with E-state index in [9.17, 15) is 13.2 Å². The van der Waals surface area contributed by atoms with Crippen LogP contribution < -0.4 is 5.32 Å². The van der Waals surface area contributed by atoms with Gasteiger partial charge in [0.1, 0.15) is 0 Å². The van der Waals surface area contributed by atoms with Gasteiger partial charge in [-0.05, 0) is 26.7 Å². The number of nitrogens with one attached hydrogen (secondary N) is 1. The number of morpholine rings is 1. The van der Waals surface area contributed by atoms with Crippen LogP contribution in [0.2, 0.25) is 0 Å². The third kappa shape index (κ3) is 3.32. The number of carbonyl (C=O) groups is 1. The third-order valence-electron chi connectivity index (χ3n) is 3.75. The van der Waals surface area contributed by atoms with E-state index in [1.807, 2.05) is 20.8 Å². The molecule has 0 saturated carbocycles. The van der Waals surface area contributed by atoms with E-state index in [4.69, 9.17) is 4.74 Å². The maximum absolute atomic E-state index is 12.1. The molecule has 0 unspecified atom stereocenters. The van der Waals surface area contributed by atoms with Crippen LogP contribution in [0.1, 0.15) is 33.6 Å². The maximum Gasteiger partial charge on any atom is 0.226 e. The van der Waals surface area contributed by atoms with Crippen LogP contribution in [0.4, 0.5) is 0 Å². The maximum atomic E-state index is 12.1. The summed E-state index contributed by atoms with van der Waals surface area (Å²) in [6.45, 7) is 6.36. The summed E-state index contributed by atoms with van der Waals surface area (Å²) >= 11 is 0. The lowest BCUT2D eigenvalue weighted by molar-refractivity contribution is -0.127. The van der Waals surface area contributed by atoms with Gasteiger partial charge in [0, 0.05) is 19.1 Å². The van der Waals surface area contributed by atoms with Crippen LogP contribution >= 0.6 is 0 Å². The molecule has 0 aliphatic carbocycles. The van der Waals surface area contributed by atoms with Crippen molar-refractivity contribution in [3.8, 4) is 0 Å². The van der Waals surface area contributed by atoms with Gasteiger partial charge in [0.15, 0.2) is 0 Å². The largest absolute Gasteiger partial charge is 0.371 e. The number of ether oxygens (including phenoxy) is 1. The average molecular weight is 304 g/mol. The van der Waals surface area contributed by atoms with Gasteiger partial charge in [0.05, 0.1) is 23.9 Å². The number of fused-ring (bicyclic) bond motifs is 2. The molecule has 116 valence electrons. The molecule has 2 heterocycles. The second kappa shape index (κ2) is 5.99. The molecule has 0 radical (unpaired) electrons. The van der Waals surface area contributed by atoms with Gasteiger partial charge in [-0.15, -0.1) is 0 Å². The first-order valence-corrected chi connectivity index (χ1v) is 8.88. The number of amides is 1. The fourth-order valence-electron chi connectivity index (χ4n) is 2.90. The van der Waals surface area contributed by atoms with Gasteiger partial charge in [-0.25, -0.2) is 8.42 Å². The Labute approximate surface area is 120 Å². The molecule has 2 bridgehead atoms. The first-order valence-electron chi connectivity index (χ1n) is 7.27. The molecule has 1 amide bonds. The van der Waals surface area contributed by atoms with Gasteiger partial charge >= 0.3 is 0 Å². The van der Waals surface area contributed by atoms with Crippen LogP contribution in [0.25, 0.3) is 0 Å². The average Bonchev–Trinajstić information content (AvgIpc) is 2.63. The highest BCUT2D eigenvalue weighted by molar-refractivity contribution is 7.89. The van der Waals surface area contributed by atoms with Gasteiger partial charge in [0.25, 0.3) is 0 Å². The summed E-state index contributed by atoms with van der Waals surface area (Å²) in [5.41, 5.74) is 0. The van der Waals surface area contributed by atoms with Gasteiger partial charge in [-0.1, -0.05) is 6.92 Å². The topological polar surface area (TPSA) is 75.7 Å². The van der Waals surface area contributed by atoms with Crippen LogP contribution in [0.5, 0.6) is 0 Å². The first-order chi connectivity index (χ1) is 9.33. The molecule has 6 nitrogen and oxygen atoms in total. The lowest BCUT2D eigenvalue weighted by atomic mass is 9.99. The summed E-state index contributed by atoms with van der Waals surface area (Å²) in [6, 6.07) is 0.0860. The number of hydrogen-bond acceptors (Lipinski definition) is 4. The van der Waals surface area contributed by atoms with E-state index in [0.717, 1.165) is 0 Å². The Kier molecular flexibility index (Phi) is 4.71. The van der Waals surface area contributed by atoms with Crippen LogP contribution in [-0.4, -0.2) is 55.7 Å². The molecule has 0 aromatic carbocycles. The molecule has 2 fully saturated rings. The monoisotopic (exact) mass is 304 g/mol. The Balaban J connectivity index is 2.04. The van der Waals surface area contributed by atoms with Crippen molar-refractivity contribution in [3.05, 3.63) is 0 Å². The van der Waals surface area contributed by atoms with Crippen molar-refractivity contribution in [2.45, 2.75) is 51.9 Å². The van der Waals surface area contributed by atoms with E-state index >= 15 is 0 Å². The molecule has 2 saturated heterocycles. The van der Waals surface area contributed by atoms with E-state index in [0.29, 0.717) is 25.9 Å². The van der Waals surface area contributed by atoms with Crippen molar-refractivity contribution >= 4 is 15.9 Å². The molecule has 20 heavy (non-hydrogen) atoms. The lowest BCUT2D eigenvalue weighted by Gasteiger charge is -2.32. The van der Waals surface area contributed by atoms with Gasteiger partial charge < -0.3 is 10.1 Å². The Morgan fingerprint density at radius 2 is 2.10 bits per heavy atom. The Morgan fingerprint density at radius 1 is 1.40 bits per heavy atom. The van der Waals surface area contributed by atoms with E-state index < -0.39 is 10.0 Å². The normalized spacial score (nSPS) is 30.7. The Hall–Kier alpha value is -0.660. The highest BCUT2D eigenvalue weighted by atomic mass is 32.2. The summed E-state index contributed by atoms with van der Waals surface area (Å²) in [4.78, 5) is 12.1. The minimum absolute atomic E-state index is 0.0257. The summed E-state index contributed by atoms with van der Waals surface area (Å²) in [7, 11) is -3.21. The highest BCUT2D eigenvalue weighted by Crippen LogP contribution is 2.33. The quantitative estimate of drug-likeness (QED) is 0.795. The van der Waals surface area contributed by atoms with E-state index in [2.05, 4.69) is 5.32 Å². The van der Waals surface area contributed by atoms with Gasteiger partial charge in [0.2, 0.25) is 15.9 Å². The molecular formula is C13H24N2O4S. The number of nitrogens with zero attached hydrogens (tertiary/aromatic N) is 1. The summed E-state index contributed by atoms with van der Waals surface area (Å²) in [5.74, 6) is -0.0959. The number of sulfonamides is 1. The molecule has 0 aromatic heterocycles. The standard InChI is InChI=1S/C13H24N2O4S/c1-4-5-20(17,18)15-7-10-6-11(12(8-15)19-10)13(16)14-9(2)3/h9-12H,4-8H2,1-3H3,(H,14,16)/t10-,11+,12-/m1/s1. The minimum Gasteiger partial charge on any atom is -0.371 e. The molecule has 2 aliphatic rings. The van der Waals surface area contributed by atoms with Crippen molar-refractivity contribution in [2.75, 3.05) is 18.8 Å². The van der Waals surface area contributed by atoms with Gasteiger partial charge in [-0.2, -0.15) is 4.31 Å². The molecule has 0 spiro atoms. The molecule has 1 N–H and O–H groups in total. The minimum atomic E-state index is -3.21. The third-order valence-corrected chi connectivity index (χ3v) is 5.76. The Bertz CT molecular complexity index is 463. The van der Waals surface area contributed by atoms with E-state index in [-0.39, 0.29) is 35.8 Å². The van der Waals surface area contributed by atoms with Crippen molar-refractivity contribution in [3.63, 3.8) is 0 Å². The zero-order valence-corrected chi connectivity index (χ0v) is 13.1. The van der Waals surface area contributed by atoms with E-state index in [1.165, 1.54) is 4.31 Å². The number of carbonyl (C=O) groups excluding carboxylic acids is 1. The van der Waals surface area contributed by atoms with Crippen molar-refractivity contribution in [2.24, 2.45) is 5.92 Å². The second-order valence-corrected chi connectivity index (χ2v) is 8.02. The molecule has 3 atom stereocenters. The number of hydrogen-bond donors (Lipinski definition) is 1. The Morgan fingerprint density at radius 3 is 2.70 bits per heavy atom.